The van der Waals surface area contributed by atoms with Crippen molar-refractivity contribution in [1.82, 2.24) is 20.1 Å². The molecule has 4 aromatic rings. The molecule has 168 valence electrons. The summed E-state index contributed by atoms with van der Waals surface area (Å²) in [5, 5.41) is 9.12. The summed E-state index contributed by atoms with van der Waals surface area (Å²) < 4.78 is 1.92. The molecule has 1 saturated carbocycles. The molecule has 0 unspecified atom stereocenters. The van der Waals surface area contributed by atoms with Crippen LogP contribution in [0.15, 0.2) is 54.7 Å². The first-order valence-electron chi connectivity index (χ1n) is 11.6. The molecule has 2 heterocycles. The minimum absolute atomic E-state index is 0.0570. The van der Waals surface area contributed by atoms with E-state index in [0.717, 1.165) is 44.5 Å². The van der Waals surface area contributed by atoms with Gasteiger partial charge in [0.2, 0.25) is 0 Å². The summed E-state index contributed by atoms with van der Waals surface area (Å²) in [5.41, 5.74) is 13.0. The molecule has 0 radical (unpaired) electrons. The first-order chi connectivity index (χ1) is 16.0. The minimum atomic E-state index is -0.0570. The van der Waals surface area contributed by atoms with E-state index in [1.165, 1.54) is 25.7 Å². The van der Waals surface area contributed by atoms with Gasteiger partial charge in [0.25, 0.3) is 5.91 Å². The van der Waals surface area contributed by atoms with Crippen molar-refractivity contribution in [1.29, 1.82) is 0 Å². The van der Waals surface area contributed by atoms with E-state index in [4.69, 9.17) is 10.8 Å². The predicted octanol–water partition coefficient (Wildman–Crippen LogP) is 5.21. The van der Waals surface area contributed by atoms with Crippen LogP contribution in [-0.4, -0.2) is 20.7 Å². The fourth-order valence-electron chi connectivity index (χ4n) is 4.81. The van der Waals surface area contributed by atoms with Crippen LogP contribution < -0.4 is 11.1 Å². The highest BCUT2D eigenvalue weighted by atomic mass is 16.1. The number of nitrogens with two attached hydrogens (primary N) is 1. The molecule has 1 aliphatic carbocycles. The first kappa shape index (κ1) is 21.2. The van der Waals surface area contributed by atoms with Gasteiger partial charge in [-0.25, -0.2) is 9.67 Å². The number of pyridine rings is 1. The Bertz CT molecular complexity index is 1320. The summed E-state index contributed by atoms with van der Waals surface area (Å²) in [7, 11) is 0. The van der Waals surface area contributed by atoms with E-state index in [0.29, 0.717) is 18.3 Å². The second-order valence-electron chi connectivity index (χ2n) is 9.04. The molecule has 1 amide bonds. The van der Waals surface area contributed by atoms with Crippen molar-refractivity contribution >= 4 is 22.6 Å². The number of aryl methyl sites for hydroxylation is 2. The second kappa shape index (κ2) is 8.70. The van der Waals surface area contributed by atoms with Crippen molar-refractivity contribution in [3.05, 3.63) is 82.7 Å². The Morgan fingerprint density at radius 3 is 2.61 bits per heavy atom. The highest BCUT2D eigenvalue weighted by molar-refractivity contribution is 5.95. The number of amides is 1. The summed E-state index contributed by atoms with van der Waals surface area (Å²) in [6.45, 7) is 4.41. The molecule has 1 aliphatic rings. The third kappa shape index (κ3) is 4.09. The smallest absolute Gasteiger partial charge is 0.251 e. The van der Waals surface area contributed by atoms with E-state index in [1.54, 1.807) is 6.20 Å². The fourth-order valence-corrected chi connectivity index (χ4v) is 4.81. The summed E-state index contributed by atoms with van der Waals surface area (Å²) in [4.78, 5) is 17.0. The minimum Gasteiger partial charge on any atom is -0.382 e. The highest BCUT2D eigenvalue weighted by Crippen LogP contribution is 2.38. The molecule has 2 aromatic carbocycles. The van der Waals surface area contributed by atoms with Gasteiger partial charge in [0.1, 0.15) is 11.3 Å². The summed E-state index contributed by atoms with van der Waals surface area (Å²) >= 11 is 0. The highest BCUT2D eigenvalue weighted by Gasteiger charge is 2.24. The number of aromatic nitrogens is 3. The number of carbonyl (C=O) groups is 1. The quantitative estimate of drug-likeness (QED) is 0.447. The lowest BCUT2D eigenvalue weighted by molar-refractivity contribution is 0.0950. The number of nitrogens with one attached hydrogen (secondary N) is 1. The maximum atomic E-state index is 12.6. The zero-order chi connectivity index (χ0) is 22.9. The number of nitrogen functional groups attached to an aromatic ring is 1. The van der Waals surface area contributed by atoms with Gasteiger partial charge in [0.05, 0.1) is 11.4 Å². The van der Waals surface area contributed by atoms with Crippen molar-refractivity contribution in [3.8, 4) is 5.69 Å². The van der Waals surface area contributed by atoms with Gasteiger partial charge in [-0.3, -0.25) is 4.79 Å². The normalized spacial score (nSPS) is 14.1. The number of carbonyl (C=O) groups excluding carboxylic acids is 1. The van der Waals surface area contributed by atoms with E-state index in [9.17, 15) is 4.79 Å². The van der Waals surface area contributed by atoms with Gasteiger partial charge in [-0.15, -0.1) is 0 Å². The monoisotopic (exact) mass is 439 g/mol. The van der Waals surface area contributed by atoms with Gasteiger partial charge in [0, 0.05) is 29.6 Å². The number of hydrogen-bond donors (Lipinski definition) is 2. The Morgan fingerprint density at radius 1 is 1.09 bits per heavy atom. The number of fused-ring (bicyclic) bond motifs is 1. The van der Waals surface area contributed by atoms with Crippen molar-refractivity contribution in [2.75, 3.05) is 5.73 Å². The van der Waals surface area contributed by atoms with Gasteiger partial charge in [0.15, 0.2) is 0 Å². The lowest BCUT2D eigenvalue weighted by Crippen LogP contribution is -2.23. The number of rotatable bonds is 5. The largest absolute Gasteiger partial charge is 0.382 e. The lowest BCUT2D eigenvalue weighted by Gasteiger charge is -2.10. The molecule has 0 bridgehead atoms. The molecule has 6 nitrogen and oxygen atoms in total. The van der Waals surface area contributed by atoms with Gasteiger partial charge in [-0.05, 0) is 62.1 Å². The predicted molar refractivity (Wildman–Crippen MR) is 132 cm³/mol. The number of anilines is 1. The van der Waals surface area contributed by atoms with Crippen LogP contribution in [0.25, 0.3) is 16.6 Å². The summed E-state index contributed by atoms with van der Waals surface area (Å²) in [5.74, 6) is 0.919. The molecule has 3 N–H and O–H groups in total. The van der Waals surface area contributed by atoms with E-state index in [2.05, 4.69) is 10.3 Å². The molecule has 0 atom stereocenters. The van der Waals surface area contributed by atoms with E-state index < -0.39 is 0 Å². The van der Waals surface area contributed by atoms with Crippen LogP contribution in [0.4, 0.5) is 5.82 Å². The molecular weight excluding hydrogens is 410 g/mol. The van der Waals surface area contributed by atoms with Crippen LogP contribution in [0.3, 0.4) is 0 Å². The van der Waals surface area contributed by atoms with Crippen molar-refractivity contribution < 1.29 is 4.79 Å². The van der Waals surface area contributed by atoms with Gasteiger partial charge >= 0.3 is 0 Å². The maximum absolute atomic E-state index is 12.6. The second-order valence-corrected chi connectivity index (χ2v) is 9.04. The fraction of sp³-hybridized carbons (Fsp3) is 0.296. The summed E-state index contributed by atoms with van der Waals surface area (Å²) in [6.07, 6.45) is 6.62. The average Bonchev–Trinajstić information content (AvgIpc) is 3.48. The Balaban J connectivity index is 1.39. The standard InChI is InChI=1S/C27H29N5O/c1-17-7-8-18(2)23(15-17)27(33)30-16-19-9-11-21(12-10-19)32-25-22(13-14-29-26(25)28)24(31-32)20-5-3-4-6-20/h7-15,20H,3-6,16H2,1-2H3,(H2,28,29)(H,30,33). The van der Waals surface area contributed by atoms with Crippen LogP contribution in [0, 0.1) is 13.8 Å². The average molecular weight is 440 g/mol. The van der Waals surface area contributed by atoms with Gasteiger partial charge in [-0.2, -0.15) is 5.10 Å². The molecule has 1 fully saturated rings. The van der Waals surface area contributed by atoms with E-state index in [-0.39, 0.29) is 5.91 Å². The number of nitrogens with zero attached hydrogens (tertiary/aromatic N) is 3. The van der Waals surface area contributed by atoms with E-state index in [1.807, 2.05) is 67.1 Å². The van der Waals surface area contributed by atoms with Crippen LogP contribution in [0.1, 0.15) is 64.3 Å². The van der Waals surface area contributed by atoms with Crippen molar-refractivity contribution in [2.45, 2.75) is 52.0 Å². The molecule has 0 saturated heterocycles. The van der Waals surface area contributed by atoms with E-state index >= 15 is 0 Å². The van der Waals surface area contributed by atoms with Crippen molar-refractivity contribution in [2.24, 2.45) is 0 Å². The lowest BCUT2D eigenvalue weighted by atomic mass is 10.0. The van der Waals surface area contributed by atoms with Crippen LogP contribution in [0.5, 0.6) is 0 Å². The van der Waals surface area contributed by atoms with Crippen LogP contribution in [0.2, 0.25) is 0 Å². The third-order valence-corrected chi connectivity index (χ3v) is 6.66. The molecule has 0 aliphatic heterocycles. The molecule has 2 aromatic heterocycles. The Morgan fingerprint density at radius 2 is 1.85 bits per heavy atom. The topological polar surface area (TPSA) is 85.8 Å². The Kier molecular flexibility index (Phi) is 5.58. The molecular formula is C27H29N5O. The first-order valence-corrected chi connectivity index (χ1v) is 11.6. The zero-order valence-electron chi connectivity index (χ0n) is 19.1. The third-order valence-electron chi connectivity index (χ3n) is 6.66. The molecule has 33 heavy (non-hydrogen) atoms. The Labute approximate surface area is 193 Å². The molecule has 6 heteroatoms. The number of hydrogen-bond acceptors (Lipinski definition) is 4. The van der Waals surface area contributed by atoms with Gasteiger partial charge in [-0.1, -0.05) is 42.7 Å². The summed E-state index contributed by atoms with van der Waals surface area (Å²) in [6, 6.07) is 16.0. The molecule has 5 rings (SSSR count). The number of benzene rings is 2. The van der Waals surface area contributed by atoms with Crippen LogP contribution >= 0.6 is 0 Å². The SMILES string of the molecule is Cc1ccc(C)c(C(=O)NCc2ccc(-n3nc(C4CCCC4)c4ccnc(N)c43)cc2)c1. The Hall–Kier alpha value is -3.67. The molecule has 0 spiro atoms. The zero-order valence-corrected chi connectivity index (χ0v) is 19.1. The maximum Gasteiger partial charge on any atom is 0.251 e. The van der Waals surface area contributed by atoms with Crippen LogP contribution in [-0.2, 0) is 6.54 Å². The van der Waals surface area contributed by atoms with Gasteiger partial charge < -0.3 is 11.1 Å². The van der Waals surface area contributed by atoms with Crippen molar-refractivity contribution in [3.63, 3.8) is 0 Å².